The van der Waals surface area contributed by atoms with E-state index < -0.39 is 11.7 Å². The van der Waals surface area contributed by atoms with E-state index in [4.69, 9.17) is 4.52 Å². The van der Waals surface area contributed by atoms with Crippen LogP contribution in [-0.4, -0.2) is 16.7 Å². The SMILES string of the molecule is Cc1cc(CC(=O)c2cccc(C(=O)Cc3cccc(C(F)(F)F)c3)c2)on1. The Morgan fingerprint density at radius 1 is 0.929 bits per heavy atom. The normalized spacial score (nSPS) is 11.4. The number of hydrogen-bond acceptors (Lipinski definition) is 4. The molecule has 0 amide bonds. The Labute approximate surface area is 159 Å². The van der Waals surface area contributed by atoms with Crippen LogP contribution in [0.15, 0.2) is 59.1 Å². The van der Waals surface area contributed by atoms with E-state index in [1.807, 2.05) is 0 Å². The molecule has 3 rings (SSSR count). The fourth-order valence-corrected chi connectivity index (χ4v) is 2.77. The van der Waals surface area contributed by atoms with Gasteiger partial charge in [0.15, 0.2) is 11.6 Å². The molecule has 0 bridgehead atoms. The van der Waals surface area contributed by atoms with Gasteiger partial charge in [0, 0.05) is 23.6 Å². The van der Waals surface area contributed by atoms with Gasteiger partial charge in [0.2, 0.25) is 0 Å². The average molecular weight is 387 g/mol. The lowest BCUT2D eigenvalue weighted by Crippen LogP contribution is -2.09. The summed E-state index contributed by atoms with van der Waals surface area (Å²) in [6.07, 6.45) is -4.65. The number of ketones is 2. The van der Waals surface area contributed by atoms with Crippen LogP contribution < -0.4 is 0 Å². The van der Waals surface area contributed by atoms with Crippen molar-refractivity contribution in [2.24, 2.45) is 0 Å². The van der Waals surface area contributed by atoms with Gasteiger partial charge in [-0.05, 0) is 24.6 Å². The Balaban J connectivity index is 1.74. The van der Waals surface area contributed by atoms with Crippen LogP contribution in [0.5, 0.6) is 0 Å². The third-order valence-electron chi connectivity index (χ3n) is 4.14. The molecule has 1 heterocycles. The number of Topliss-reactive ketones (excluding diaryl/α,β-unsaturated/α-hetero) is 2. The molecule has 7 heteroatoms. The van der Waals surface area contributed by atoms with Crippen molar-refractivity contribution >= 4 is 11.6 Å². The first-order valence-corrected chi connectivity index (χ1v) is 8.47. The van der Waals surface area contributed by atoms with Crippen molar-refractivity contribution in [3.63, 3.8) is 0 Å². The van der Waals surface area contributed by atoms with Crippen molar-refractivity contribution in [2.45, 2.75) is 25.9 Å². The Kier molecular flexibility index (Phi) is 5.44. The minimum atomic E-state index is -4.47. The summed E-state index contributed by atoms with van der Waals surface area (Å²) in [5.74, 6) is -0.197. The van der Waals surface area contributed by atoms with Gasteiger partial charge in [-0.2, -0.15) is 13.2 Å². The summed E-state index contributed by atoms with van der Waals surface area (Å²) in [5, 5.41) is 3.72. The van der Waals surface area contributed by atoms with Gasteiger partial charge in [0.25, 0.3) is 0 Å². The highest BCUT2D eigenvalue weighted by molar-refractivity contribution is 6.02. The summed E-state index contributed by atoms with van der Waals surface area (Å²) in [7, 11) is 0. The maximum atomic E-state index is 12.8. The topological polar surface area (TPSA) is 60.2 Å². The van der Waals surface area contributed by atoms with Gasteiger partial charge in [-0.1, -0.05) is 41.6 Å². The predicted octanol–water partition coefficient (Wildman–Crippen LogP) is 4.85. The Morgan fingerprint density at radius 3 is 2.18 bits per heavy atom. The van der Waals surface area contributed by atoms with Gasteiger partial charge in [0.05, 0.1) is 17.7 Å². The highest BCUT2D eigenvalue weighted by Crippen LogP contribution is 2.29. The number of rotatable bonds is 6. The summed E-state index contributed by atoms with van der Waals surface area (Å²) in [6, 6.07) is 12.4. The lowest BCUT2D eigenvalue weighted by molar-refractivity contribution is -0.137. The molecule has 2 aromatic carbocycles. The van der Waals surface area contributed by atoms with Crippen molar-refractivity contribution in [3.8, 4) is 0 Å². The Bertz CT molecular complexity index is 1020. The van der Waals surface area contributed by atoms with E-state index in [0.717, 1.165) is 12.1 Å². The summed E-state index contributed by atoms with van der Waals surface area (Å²) in [5.41, 5.74) is 0.701. The molecule has 0 atom stereocenters. The van der Waals surface area contributed by atoms with Crippen LogP contribution in [0.3, 0.4) is 0 Å². The summed E-state index contributed by atoms with van der Waals surface area (Å²) < 4.78 is 43.5. The molecule has 0 aliphatic rings. The highest BCUT2D eigenvalue weighted by atomic mass is 19.4. The number of benzene rings is 2. The molecule has 4 nitrogen and oxygen atoms in total. The summed E-state index contributed by atoms with van der Waals surface area (Å²) in [6.45, 7) is 1.74. The molecular formula is C21H16F3NO3. The zero-order chi connectivity index (χ0) is 20.3. The van der Waals surface area contributed by atoms with Crippen molar-refractivity contribution < 1.29 is 27.3 Å². The molecule has 0 unspecified atom stereocenters. The largest absolute Gasteiger partial charge is 0.416 e. The lowest BCUT2D eigenvalue weighted by atomic mass is 9.98. The van der Waals surface area contributed by atoms with E-state index in [1.165, 1.54) is 24.3 Å². The summed E-state index contributed by atoms with van der Waals surface area (Å²) >= 11 is 0. The maximum Gasteiger partial charge on any atom is 0.416 e. The van der Waals surface area contributed by atoms with E-state index in [0.29, 0.717) is 17.0 Å². The van der Waals surface area contributed by atoms with Crippen molar-refractivity contribution in [2.75, 3.05) is 0 Å². The fourth-order valence-electron chi connectivity index (χ4n) is 2.77. The van der Waals surface area contributed by atoms with E-state index in [9.17, 15) is 22.8 Å². The number of nitrogens with zero attached hydrogens (tertiary/aromatic N) is 1. The molecule has 28 heavy (non-hydrogen) atoms. The zero-order valence-corrected chi connectivity index (χ0v) is 14.9. The second kappa shape index (κ2) is 7.80. The molecule has 0 N–H and O–H groups in total. The molecule has 0 aliphatic heterocycles. The zero-order valence-electron chi connectivity index (χ0n) is 14.9. The maximum absolute atomic E-state index is 12.8. The Hall–Kier alpha value is -3.22. The first-order chi connectivity index (χ1) is 13.2. The van der Waals surface area contributed by atoms with E-state index in [1.54, 1.807) is 25.1 Å². The quantitative estimate of drug-likeness (QED) is 0.567. The second-order valence-corrected chi connectivity index (χ2v) is 6.41. The number of aromatic nitrogens is 1. The highest BCUT2D eigenvalue weighted by Gasteiger charge is 2.30. The summed E-state index contributed by atoms with van der Waals surface area (Å²) in [4.78, 5) is 24.9. The van der Waals surface area contributed by atoms with Crippen molar-refractivity contribution in [1.29, 1.82) is 0 Å². The van der Waals surface area contributed by atoms with Crippen LogP contribution >= 0.6 is 0 Å². The van der Waals surface area contributed by atoms with Crippen LogP contribution in [0.2, 0.25) is 0 Å². The number of carbonyl (C=O) groups excluding carboxylic acids is 2. The fraction of sp³-hybridized carbons (Fsp3) is 0.190. The van der Waals surface area contributed by atoms with Crippen LogP contribution in [0.25, 0.3) is 0 Å². The van der Waals surface area contributed by atoms with Crippen LogP contribution in [0, 0.1) is 6.92 Å². The minimum Gasteiger partial charge on any atom is -0.361 e. The smallest absolute Gasteiger partial charge is 0.361 e. The van der Waals surface area contributed by atoms with Crippen molar-refractivity contribution in [1.82, 2.24) is 5.16 Å². The molecule has 144 valence electrons. The molecular weight excluding hydrogens is 371 g/mol. The third-order valence-corrected chi connectivity index (χ3v) is 4.14. The van der Waals surface area contributed by atoms with Crippen LogP contribution in [0.4, 0.5) is 13.2 Å². The molecule has 0 spiro atoms. The van der Waals surface area contributed by atoms with Gasteiger partial charge in [-0.15, -0.1) is 0 Å². The molecule has 0 saturated heterocycles. The molecule has 1 aromatic heterocycles. The molecule has 0 aliphatic carbocycles. The van der Waals surface area contributed by atoms with Gasteiger partial charge in [0.1, 0.15) is 5.76 Å². The van der Waals surface area contributed by atoms with E-state index >= 15 is 0 Å². The standard InChI is InChI=1S/C21H16F3NO3/c1-13-8-18(28-25-13)12-20(27)16-6-3-5-15(11-16)19(26)10-14-4-2-7-17(9-14)21(22,23)24/h2-9,11H,10,12H2,1H3. The molecule has 0 fully saturated rings. The predicted molar refractivity (Wildman–Crippen MR) is 95.2 cm³/mol. The third kappa shape index (κ3) is 4.73. The van der Waals surface area contributed by atoms with E-state index in [2.05, 4.69) is 5.16 Å². The average Bonchev–Trinajstić information content (AvgIpc) is 3.06. The van der Waals surface area contributed by atoms with Crippen LogP contribution in [-0.2, 0) is 19.0 Å². The van der Waals surface area contributed by atoms with Crippen LogP contribution in [0.1, 0.15) is 43.3 Å². The first-order valence-electron chi connectivity index (χ1n) is 8.47. The number of hydrogen-bond donors (Lipinski definition) is 0. The second-order valence-electron chi connectivity index (χ2n) is 6.41. The van der Waals surface area contributed by atoms with E-state index in [-0.39, 0.29) is 35.5 Å². The Morgan fingerprint density at radius 2 is 1.57 bits per heavy atom. The number of carbonyl (C=O) groups is 2. The number of aryl methyl sites for hydroxylation is 1. The molecule has 0 radical (unpaired) electrons. The van der Waals surface area contributed by atoms with Gasteiger partial charge in [-0.3, -0.25) is 9.59 Å². The minimum absolute atomic E-state index is 0.00606. The molecule has 3 aromatic rings. The first kappa shape index (κ1) is 19.5. The molecule has 0 saturated carbocycles. The van der Waals surface area contributed by atoms with Gasteiger partial charge >= 0.3 is 6.18 Å². The van der Waals surface area contributed by atoms with Gasteiger partial charge < -0.3 is 4.52 Å². The van der Waals surface area contributed by atoms with Crippen molar-refractivity contribution in [3.05, 3.63) is 88.3 Å². The number of alkyl halides is 3. The number of halogens is 3. The van der Waals surface area contributed by atoms with Gasteiger partial charge in [-0.25, -0.2) is 0 Å². The lowest BCUT2D eigenvalue weighted by Gasteiger charge is -2.09. The monoisotopic (exact) mass is 387 g/mol.